The predicted molar refractivity (Wildman–Crippen MR) is 63.9 cm³/mol. The van der Waals surface area contributed by atoms with E-state index in [2.05, 4.69) is 4.98 Å². The van der Waals surface area contributed by atoms with Crippen LogP contribution in [0.1, 0.15) is 5.56 Å². The third-order valence-corrected chi connectivity index (χ3v) is 2.62. The van der Waals surface area contributed by atoms with Crippen LogP contribution < -0.4 is 4.74 Å². The highest BCUT2D eigenvalue weighted by Crippen LogP contribution is 2.27. The van der Waals surface area contributed by atoms with E-state index >= 15 is 0 Å². The Hall–Kier alpha value is -1.48. The smallest absolute Gasteiger partial charge is 0.140 e. The van der Waals surface area contributed by atoms with Crippen LogP contribution in [0.3, 0.4) is 0 Å². The van der Waals surface area contributed by atoms with Gasteiger partial charge in [-0.3, -0.25) is 0 Å². The van der Waals surface area contributed by atoms with Crippen molar-refractivity contribution in [3.05, 3.63) is 47.5 Å². The van der Waals surface area contributed by atoms with E-state index in [-0.39, 0.29) is 0 Å². The van der Waals surface area contributed by atoms with Crippen LogP contribution in [0.5, 0.6) is 5.75 Å². The molecule has 4 heteroatoms. The van der Waals surface area contributed by atoms with Crippen LogP contribution in [0.4, 0.5) is 0 Å². The van der Waals surface area contributed by atoms with E-state index in [0.717, 1.165) is 17.9 Å². The summed E-state index contributed by atoms with van der Waals surface area (Å²) in [6.07, 6.45) is 5.42. The number of hydrogen-bond donors (Lipinski definition) is 0. The number of para-hydroxylation sites is 1. The third-order valence-electron chi connectivity index (χ3n) is 2.32. The molecule has 0 spiro atoms. The number of benzene rings is 1. The van der Waals surface area contributed by atoms with Crippen LogP contribution in [0, 0.1) is 6.92 Å². The molecule has 0 saturated heterocycles. The maximum absolute atomic E-state index is 6.05. The van der Waals surface area contributed by atoms with E-state index in [1.807, 2.05) is 35.9 Å². The molecular weight excluding hydrogens is 224 g/mol. The van der Waals surface area contributed by atoms with Crippen molar-refractivity contribution in [2.45, 2.75) is 13.5 Å². The van der Waals surface area contributed by atoms with Crippen LogP contribution in [0.25, 0.3) is 0 Å². The van der Waals surface area contributed by atoms with E-state index in [4.69, 9.17) is 16.3 Å². The van der Waals surface area contributed by atoms with Crippen molar-refractivity contribution in [3.63, 3.8) is 0 Å². The van der Waals surface area contributed by atoms with Crippen LogP contribution in [-0.4, -0.2) is 16.2 Å². The first-order chi connectivity index (χ1) is 7.77. The van der Waals surface area contributed by atoms with Gasteiger partial charge in [-0.15, -0.1) is 0 Å². The normalized spacial score (nSPS) is 10.4. The molecule has 0 N–H and O–H groups in total. The van der Waals surface area contributed by atoms with Crippen molar-refractivity contribution in [3.8, 4) is 5.75 Å². The standard InChI is InChI=1S/C12H13ClN2O/c1-10-3-2-4-11(13)12(10)16-8-7-15-6-5-14-9-15/h2-6,9H,7-8H2,1H3. The van der Waals surface area contributed by atoms with Crippen molar-refractivity contribution in [1.82, 2.24) is 9.55 Å². The Morgan fingerprint density at radius 1 is 1.44 bits per heavy atom. The van der Waals surface area contributed by atoms with Gasteiger partial charge in [0.25, 0.3) is 0 Å². The van der Waals surface area contributed by atoms with Crippen molar-refractivity contribution in [2.24, 2.45) is 0 Å². The average Bonchev–Trinajstić information content (AvgIpc) is 2.75. The van der Waals surface area contributed by atoms with Crippen molar-refractivity contribution in [2.75, 3.05) is 6.61 Å². The van der Waals surface area contributed by atoms with E-state index < -0.39 is 0 Å². The summed E-state index contributed by atoms with van der Waals surface area (Å²) in [6.45, 7) is 3.34. The van der Waals surface area contributed by atoms with Gasteiger partial charge in [-0.05, 0) is 18.6 Å². The Balaban J connectivity index is 1.95. The van der Waals surface area contributed by atoms with Crippen LogP contribution in [0.2, 0.25) is 5.02 Å². The SMILES string of the molecule is Cc1cccc(Cl)c1OCCn1ccnc1. The van der Waals surface area contributed by atoms with Crippen LogP contribution in [-0.2, 0) is 6.54 Å². The van der Waals surface area contributed by atoms with E-state index in [1.165, 1.54) is 0 Å². The summed E-state index contributed by atoms with van der Waals surface area (Å²) in [5.41, 5.74) is 1.05. The fraction of sp³-hybridized carbons (Fsp3) is 0.250. The number of ether oxygens (including phenoxy) is 1. The zero-order valence-corrected chi connectivity index (χ0v) is 9.81. The Morgan fingerprint density at radius 2 is 2.31 bits per heavy atom. The molecule has 0 aliphatic rings. The molecule has 0 saturated carbocycles. The Kier molecular flexibility index (Phi) is 3.47. The summed E-state index contributed by atoms with van der Waals surface area (Å²) >= 11 is 6.05. The lowest BCUT2D eigenvalue weighted by Crippen LogP contribution is -2.07. The van der Waals surface area contributed by atoms with Gasteiger partial charge in [0, 0.05) is 12.4 Å². The summed E-state index contributed by atoms with van der Waals surface area (Å²) < 4.78 is 7.62. The minimum absolute atomic E-state index is 0.584. The maximum Gasteiger partial charge on any atom is 0.140 e. The number of rotatable bonds is 4. The fourth-order valence-electron chi connectivity index (χ4n) is 1.47. The number of imidazole rings is 1. The van der Waals surface area contributed by atoms with Gasteiger partial charge in [-0.2, -0.15) is 0 Å². The van der Waals surface area contributed by atoms with Gasteiger partial charge in [0.2, 0.25) is 0 Å². The molecule has 3 nitrogen and oxygen atoms in total. The first-order valence-corrected chi connectivity index (χ1v) is 5.49. The lowest BCUT2D eigenvalue weighted by atomic mass is 10.2. The molecule has 0 fully saturated rings. The Labute approximate surface area is 99.6 Å². The molecule has 0 atom stereocenters. The number of aromatic nitrogens is 2. The van der Waals surface area contributed by atoms with Gasteiger partial charge in [0.05, 0.1) is 17.9 Å². The third kappa shape index (κ3) is 2.55. The first kappa shape index (κ1) is 11.0. The molecule has 2 rings (SSSR count). The minimum Gasteiger partial charge on any atom is -0.490 e. The second-order valence-corrected chi connectivity index (χ2v) is 3.94. The molecule has 0 unspecified atom stereocenters. The molecule has 1 aromatic heterocycles. The second-order valence-electron chi connectivity index (χ2n) is 3.53. The summed E-state index contributed by atoms with van der Waals surface area (Å²) in [6, 6.07) is 5.74. The monoisotopic (exact) mass is 236 g/mol. The van der Waals surface area contributed by atoms with Crippen molar-refractivity contribution >= 4 is 11.6 Å². The summed E-state index contributed by atoms with van der Waals surface area (Å²) in [5, 5.41) is 0.658. The topological polar surface area (TPSA) is 27.1 Å². The molecule has 2 aromatic rings. The van der Waals surface area contributed by atoms with E-state index in [1.54, 1.807) is 12.5 Å². The first-order valence-electron chi connectivity index (χ1n) is 5.11. The molecule has 1 heterocycles. The molecule has 0 radical (unpaired) electrons. The van der Waals surface area contributed by atoms with Gasteiger partial charge in [-0.25, -0.2) is 4.98 Å². The lowest BCUT2D eigenvalue weighted by Gasteiger charge is -2.10. The molecule has 0 aliphatic carbocycles. The fourth-order valence-corrected chi connectivity index (χ4v) is 1.75. The molecular formula is C12H13ClN2O. The molecule has 0 amide bonds. The average molecular weight is 237 g/mol. The number of hydrogen-bond acceptors (Lipinski definition) is 2. The second kappa shape index (κ2) is 5.03. The number of nitrogens with zero attached hydrogens (tertiary/aromatic N) is 2. The largest absolute Gasteiger partial charge is 0.490 e. The van der Waals surface area contributed by atoms with Gasteiger partial charge in [0.1, 0.15) is 12.4 Å². The number of halogens is 1. The highest BCUT2D eigenvalue weighted by atomic mass is 35.5. The lowest BCUT2D eigenvalue weighted by molar-refractivity contribution is 0.296. The predicted octanol–water partition coefficient (Wildman–Crippen LogP) is 2.92. The zero-order chi connectivity index (χ0) is 11.4. The van der Waals surface area contributed by atoms with Gasteiger partial charge in [0.15, 0.2) is 0 Å². The zero-order valence-electron chi connectivity index (χ0n) is 9.06. The summed E-state index contributed by atoms with van der Waals surface area (Å²) in [7, 11) is 0. The molecule has 0 aliphatic heterocycles. The molecule has 16 heavy (non-hydrogen) atoms. The van der Waals surface area contributed by atoms with E-state index in [9.17, 15) is 0 Å². The van der Waals surface area contributed by atoms with Gasteiger partial charge < -0.3 is 9.30 Å². The quantitative estimate of drug-likeness (QED) is 0.816. The number of aryl methyl sites for hydroxylation is 1. The van der Waals surface area contributed by atoms with Crippen LogP contribution >= 0.6 is 11.6 Å². The van der Waals surface area contributed by atoms with Gasteiger partial charge >= 0.3 is 0 Å². The molecule has 1 aromatic carbocycles. The maximum atomic E-state index is 6.05. The van der Waals surface area contributed by atoms with Crippen LogP contribution in [0.15, 0.2) is 36.9 Å². The van der Waals surface area contributed by atoms with Crippen molar-refractivity contribution in [1.29, 1.82) is 0 Å². The highest BCUT2D eigenvalue weighted by Gasteiger charge is 2.04. The Bertz CT molecular complexity index is 434. The summed E-state index contributed by atoms with van der Waals surface area (Å²) in [4.78, 5) is 3.96. The van der Waals surface area contributed by atoms with Gasteiger partial charge in [-0.1, -0.05) is 23.7 Å². The molecule has 84 valence electrons. The van der Waals surface area contributed by atoms with E-state index in [0.29, 0.717) is 11.6 Å². The summed E-state index contributed by atoms with van der Waals surface area (Å²) in [5.74, 6) is 0.768. The Morgan fingerprint density at radius 3 is 3.00 bits per heavy atom. The molecule has 0 bridgehead atoms. The highest BCUT2D eigenvalue weighted by molar-refractivity contribution is 6.32. The minimum atomic E-state index is 0.584. The van der Waals surface area contributed by atoms with Crippen molar-refractivity contribution < 1.29 is 4.74 Å².